The summed E-state index contributed by atoms with van der Waals surface area (Å²) in [6.45, 7) is 0.895. The average Bonchev–Trinajstić information content (AvgIpc) is 2.83. The van der Waals surface area contributed by atoms with E-state index >= 15 is 0 Å². The average molecular weight is 394 g/mol. The lowest BCUT2D eigenvalue weighted by molar-refractivity contribution is -0.119. The van der Waals surface area contributed by atoms with Crippen LogP contribution in [0.1, 0.15) is 38.5 Å². The first-order valence-corrected chi connectivity index (χ1v) is 9.93. The molecule has 0 aliphatic heterocycles. The fourth-order valence-electron chi connectivity index (χ4n) is 2.79. The van der Waals surface area contributed by atoms with Crippen molar-refractivity contribution in [3.8, 4) is 0 Å². The Labute approximate surface area is 155 Å². The monoisotopic (exact) mass is 393 g/mol. The van der Waals surface area contributed by atoms with Gasteiger partial charge < -0.3 is 15.2 Å². The standard InChI is InChI=1S/C15H27N5O3S.ClH/c1-20-11-15(18-12-20)24(22,23)19-10-14(21)17-9-8-16-13-6-4-2-3-5-7-13;/h11-13,16,19H,2-10H2,1H3,(H,17,21);1H. The van der Waals surface area contributed by atoms with Crippen LogP contribution in [0.15, 0.2) is 17.6 Å². The normalized spacial score (nSPS) is 16.0. The van der Waals surface area contributed by atoms with E-state index in [4.69, 9.17) is 0 Å². The molecule has 0 spiro atoms. The van der Waals surface area contributed by atoms with Gasteiger partial charge in [0.05, 0.1) is 12.9 Å². The molecule has 0 aromatic carbocycles. The van der Waals surface area contributed by atoms with E-state index in [0.717, 1.165) is 0 Å². The van der Waals surface area contributed by atoms with Crippen LogP contribution in [0.2, 0.25) is 0 Å². The summed E-state index contributed by atoms with van der Waals surface area (Å²) in [5, 5.41) is 6.07. The van der Waals surface area contributed by atoms with Crippen molar-refractivity contribution in [2.75, 3.05) is 19.6 Å². The zero-order valence-electron chi connectivity index (χ0n) is 14.5. The predicted octanol–water partition coefficient (Wildman–Crippen LogP) is 0.549. The maximum atomic E-state index is 11.9. The smallest absolute Gasteiger partial charge is 0.260 e. The first-order valence-electron chi connectivity index (χ1n) is 8.45. The van der Waals surface area contributed by atoms with Crippen LogP contribution in [0.5, 0.6) is 0 Å². The topological polar surface area (TPSA) is 105 Å². The highest BCUT2D eigenvalue weighted by Crippen LogP contribution is 2.16. The van der Waals surface area contributed by atoms with Crippen molar-refractivity contribution in [2.45, 2.75) is 49.6 Å². The molecule has 1 aromatic rings. The Kier molecular flexibility index (Phi) is 9.41. The predicted molar refractivity (Wildman–Crippen MR) is 98.1 cm³/mol. The largest absolute Gasteiger partial charge is 0.354 e. The maximum Gasteiger partial charge on any atom is 0.260 e. The van der Waals surface area contributed by atoms with Gasteiger partial charge in [0.15, 0.2) is 5.03 Å². The van der Waals surface area contributed by atoms with E-state index in [1.165, 1.54) is 55.6 Å². The molecular weight excluding hydrogens is 366 g/mol. The Balaban J connectivity index is 0.00000312. The number of halogens is 1. The summed E-state index contributed by atoms with van der Waals surface area (Å²) in [5.74, 6) is -0.350. The molecule has 0 atom stereocenters. The first kappa shape index (κ1) is 21.9. The number of rotatable bonds is 8. The highest BCUT2D eigenvalue weighted by atomic mass is 35.5. The number of imidazole rings is 1. The van der Waals surface area contributed by atoms with Gasteiger partial charge in [0.1, 0.15) is 0 Å². The molecule has 2 rings (SSSR count). The van der Waals surface area contributed by atoms with Gasteiger partial charge in [-0.15, -0.1) is 12.4 Å². The third-order valence-corrected chi connectivity index (χ3v) is 5.40. The van der Waals surface area contributed by atoms with Crippen molar-refractivity contribution in [3.63, 3.8) is 0 Å². The van der Waals surface area contributed by atoms with Crippen LogP contribution in [0.4, 0.5) is 0 Å². The second-order valence-electron chi connectivity index (χ2n) is 6.19. The Morgan fingerprint density at radius 1 is 1.24 bits per heavy atom. The van der Waals surface area contributed by atoms with E-state index in [1.54, 1.807) is 7.05 Å². The molecule has 0 radical (unpaired) electrons. The lowest BCUT2D eigenvalue weighted by atomic mass is 10.1. The first-order chi connectivity index (χ1) is 11.5. The van der Waals surface area contributed by atoms with E-state index in [-0.39, 0.29) is 29.9 Å². The van der Waals surface area contributed by atoms with Gasteiger partial charge in [-0.05, 0) is 12.8 Å². The number of aryl methyl sites for hydroxylation is 1. The number of hydrogen-bond acceptors (Lipinski definition) is 5. The molecule has 1 aliphatic rings. The molecule has 1 aromatic heterocycles. The van der Waals surface area contributed by atoms with Gasteiger partial charge in [0, 0.05) is 32.4 Å². The summed E-state index contributed by atoms with van der Waals surface area (Å²) < 4.78 is 27.7. The minimum Gasteiger partial charge on any atom is -0.354 e. The highest BCUT2D eigenvalue weighted by molar-refractivity contribution is 7.89. The van der Waals surface area contributed by atoms with Crippen LogP contribution in [-0.4, -0.2) is 49.6 Å². The number of aromatic nitrogens is 2. The molecule has 25 heavy (non-hydrogen) atoms. The minimum absolute atomic E-state index is 0. The van der Waals surface area contributed by atoms with E-state index in [0.29, 0.717) is 19.1 Å². The molecule has 144 valence electrons. The molecule has 10 heteroatoms. The number of carbonyl (C=O) groups excluding carboxylic acids is 1. The lowest BCUT2D eigenvalue weighted by Gasteiger charge is -2.16. The molecule has 8 nitrogen and oxygen atoms in total. The molecular formula is C15H28ClN5O3S. The second-order valence-corrected chi connectivity index (χ2v) is 7.91. The van der Waals surface area contributed by atoms with E-state index in [2.05, 4.69) is 20.3 Å². The van der Waals surface area contributed by atoms with Gasteiger partial charge in [-0.2, -0.15) is 0 Å². The second kappa shape index (κ2) is 10.7. The van der Waals surface area contributed by atoms with Crippen molar-refractivity contribution < 1.29 is 13.2 Å². The zero-order valence-corrected chi connectivity index (χ0v) is 16.2. The van der Waals surface area contributed by atoms with Crippen molar-refractivity contribution in [1.29, 1.82) is 0 Å². The molecule has 1 fully saturated rings. The Morgan fingerprint density at radius 2 is 1.92 bits per heavy atom. The Hall–Kier alpha value is -1.16. The number of sulfonamides is 1. The number of nitrogens with one attached hydrogen (secondary N) is 3. The minimum atomic E-state index is -3.74. The summed E-state index contributed by atoms with van der Waals surface area (Å²) in [6.07, 6.45) is 10.3. The Bertz CT molecular complexity index is 627. The van der Waals surface area contributed by atoms with Crippen molar-refractivity contribution >= 4 is 28.3 Å². The molecule has 0 saturated heterocycles. The third-order valence-electron chi connectivity index (χ3n) is 4.11. The van der Waals surface area contributed by atoms with E-state index < -0.39 is 10.0 Å². The molecule has 1 aliphatic carbocycles. The van der Waals surface area contributed by atoms with Gasteiger partial charge in [-0.1, -0.05) is 25.7 Å². The number of amides is 1. The molecule has 1 saturated carbocycles. The number of nitrogens with zero attached hydrogens (tertiary/aromatic N) is 2. The summed E-state index contributed by atoms with van der Waals surface area (Å²) >= 11 is 0. The highest BCUT2D eigenvalue weighted by Gasteiger charge is 2.18. The van der Waals surface area contributed by atoms with Gasteiger partial charge in [0.25, 0.3) is 10.0 Å². The van der Waals surface area contributed by atoms with Crippen LogP contribution in [0.25, 0.3) is 0 Å². The van der Waals surface area contributed by atoms with Crippen molar-refractivity contribution in [1.82, 2.24) is 24.9 Å². The quantitative estimate of drug-likeness (QED) is 0.442. The summed E-state index contributed by atoms with van der Waals surface area (Å²) in [5.41, 5.74) is 0. The van der Waals surface area contributed by atoms with Gasteiger partial charge in [-0.3, -0.25) is 4.79 Å². The van der Waals surface area contributed by atoms with Crippen LogP contribution in [0.3, 0.4) is 0 Å². The van der Waals surface area contributed by atoms with Crippen LogP contribution < -0.4 is 15.4 Å². The number of carbonyl (C=O) groups is 1. The van der Waals surface area contributed by atoms with Crippen molar-refractivity contribution in [2.24, 2.45) is 7.05 Å². The maximum absolute atomic E-state index is 11.9. The fraction of sp³-hybridized carbons (Fsp3) is 0.733. The number of hydrogen-bond donors (Lipinski definition) is 3. The summed E-state index contributed by atoms with van der Waals surface area (Å²) in [6, 6.07) is 0.534. The molecule has 1 heterocycles. The van der Waals surface area contributed by atoms with Crippen LogP contribution in [-0.2, 0) is 21.9 Å². The Morgan fingerprint density at radius 3 is 2.52 bits per heavy atom. The molecule has 0 bridgehead atoms. The molecule has 1 amide bonds. The fourth-order valence-corrected chi connectivity index (χ4v) is 3.75. The van der Waals surface area contributed by atoms with Gasteiger partial charge in [-0.25, -0.2) is 18.1 Å². The SMILES string of the molecule is Cl.Cn1cnc(S(=O)(=O)NCC(=O)NCCNC2CCCCCC2)c1. The van der Waals surface area contributed by atoms with Crippen molar-refractivity contribution in [3.05, 3.63) is 12.5 Å². The third kappa shape index (κ3) is 7.72. The molecule has 3 N–H and O–H groups in total. The van der Waals surface area contributed by atoms with Crippen LogP contribution in [0, 0.1) is 0 Å². The molecule has 0 unspecified atom stereocenters. The lowest BCUT2D eigenvalue weighted by Crippen LogP contribution is -2.41. The van der Waals surface area contributed by atoms with Crippen LogP contribution >= 0.6 is 12.4 Å². The van der Waals surface area contributed by atoms with Gasteiger partial charge >= 0.3 is 0 Å². The van der Waals surface area contributed by atoms with E-state index in [1.807, 2.05) is 0 Å². The summed E-state index contributed by atoms with van der Waals surface area (Å²) in [4.78, 5) is 15.5. The van der Waals surface area contributed by atoms with E-state index in [9.17, 15) is 13.2 Å². The van der Waals surface area contributed by atoms with Gasteiger partial charge in [0.2, 0.25) is 5.91 Å². The zero-order chi connectivity index (χ0) is 17.4. The summed E-state index contributed by atoms with van der Waals surface area (Å²) in [7, 11) is -2.06.